The zero-order valence-electron chi connectivity index (χ0n) is 18.1. The van der Waals surface area contributed by atoms with Gasteiger partial charge in [0.1, 0.15) is 6.54 Å². The summed E-state index contributed by atoms with van der Waals surface area (Å²) < 4.78 is 106. The summed E-state index contributed by atoms with van der Waals surface area (Å²) >= 11 is 0. The summed E-state index contributed by atoms with van der Waals surface area (Å²) in [7, 11) is -4.51. The average Bonchev–Trinajstić information content (AvgIpc) is 2.82. The summed E-state index contributed by atoms with van der Waals surface area (Å²) in [6, 6.07) is 14.4. The molecule has 0 aliphatic rings. The largest absolute Gasteiger partial charge is 0.417 e. The van der Waals surface area contributed by atoms with Crippen molar-refractivity contribution >= 4 is 27.8 Å². The van der Waals surface area contributed by atoms with E-state index in [-0.39, 0.29) is 10.5 Å². The van der Waals surface area contributed by atoms with Crippen molar-refractivity contribution in [2.75, 3.05) is 10.8 Å². The van der Waals surface area contributed by atoms with E-state index < -0.39 is 51.6 Å². The second-order valence-corrected chi connectivity index (χ2v) is 9.11. The van der Waals surface area contributed by atoms with Gasteiger partial charge >= 0.3 is 12.4 Å². The third-order valence-corrected chi connectivity index (χ3v) is 6.53. The number of hydrogen-bond acceptors (Lipinski definition) is 4. The SMILES string of the molecule is O=C(CN(c1cccc(C(F)(F)F)c1)S(=O)(=O)c1ccccc1)N/N=C\c1ccccc1C(F)(F)F. The molecule has 3 rings (SSSR count). The highest BCUT2D eigenvalue weighted by atomic mass is 32.2. The Kier molecular flexibility index (Phi) is 7.72. The maximum absolute atomic E-state index is 13.2. The van der Waals surface area contributed by atoms with Crippen LogP contribution in [0.5, 0.6) is 0 Å². The van der Waals surface area contributed by atoms with Crippen LogP contribution in [0.15, 0.2) is 88.9 Å². The Balaban J connectivity index is 1.91. The van der Waals surface area contributed by atoms with Crippen LogP contribution in [-0.2, 0) is 27.2 Å². The van der Waals surface area contributed by atoms with E-state index in [2.05, 4.69) is 5.10 Å². The van der Waals surface area contributed by atoms with Crippen molar-refractivity contribution in [2.45, 2.75) is 17.2 Å². The number of sulfonamides is 1. The Bertz CT molecular complexity index is 1360. The molecule has 0 fully saturated rings. The van der Waals surface area contributed by atoms with Crippen LogP contribution in [0.2, 0.25) is 0 Å². The van der Waals surface area contributed by atoms with Crippen LogP contribution >= 0.6 is 0 Å². The zero-order valence-corrected chi connectivity index (χ0v) is 18.9. The minimum absolute atomic E-state index is 0.294. The molecule has 0 saturated carbocycles. The van der Waals surface area contributed by atoms with Gasteiger partial charge in [-0.15, -0.1) is 0 Å². The highest BCUT2D eigenvalue weighted by molar-refractivity contribution is 7.92. The van der Waals surface area contributed by atoms with Crippen molar-refractivity contribution in [3.8, 4) is 0 Å². The van der Waals surface area contributed by atoms with Crippen molar-refractivity contribution in [3.63, 3.8) is 0 Å². The van der Waals surface area contributed by atoms with Gasteiger partial charge in [0.25, 0.3) is 15.9 Å². The highest BCUT2D eigenvalue weighted by Crippen LogP contribution is 2.33. The van der Waals surface area contributed by atoms with E-state index in [1.165, 1.54) is 42.5 Å². The number of nitrogens with one attached hydrogen (secondary N) is 1. The molecule has 0 radical (unpaired) electrons. The van der Waals surface area contributed by atoms with E-state index >= 15 is 0 Å². The lowest BCUT2D eigenvalue weighted by Crippen LogP contribution is -2.39. The molecule has 0 unspecified atom stereocenters. The molecule has 0 bridgehead atoms. The first-order chi connectivity index (χ1) is 16.8. The van der Waals surface area contributed by atoms with Gasteiger partial charge in [0.05, 0.1) is 27.9 Å². The molecule has 13 heteroatoms. The quantitative estimate of drug-likeness (QED) is 0.264. The van der Waals surface area contributed by atoms with Crippen molar-refractivity contribution < 1.29 is 39.6 Å². The summed E-state index contributed by atoms with van der Waals surface area (Å²) in [5.41, 5.74) is -1.06. The van der Waals surface area contributed by atoms with Gasteiger partial charge in [-0.25, -0.2) is 13.8 Å². The molecule has 3 aromatic rings. The van der Waals surface area contributed by atoms with Gasteiger partial charge in [0.2, 0.25) is 0 Å². The van der Waals surface area contributed by atoms with Gasteiger partial charge in [-0.1, -0.05) is 42.5 Å². The zero-order chi connectivity index (χ0) is 26.6. The molecule has 0 spiro atoms. The standard InChI is InChI=1S/C23H17F6N3O3S/c24-22(25,26)17-8-6-9-18(13-17)32(36(34,35)19-10-2-1-3-11-19)15-21(33)31-30-14-16-7-4-5-12-20(16)23(27,28)29/h1-14H,15H2,(H,31,33)/b30-14-. The first-order valence-corrected chi connectivity index (χ1v) is 11.5. The van der Waals surface area contributed by atoms with E-state index in [0.29, 0.717) is 10.4 Å². The maximum Gasteiger partial charge on any atom is 0.417 e. The lowest BCUT2D eigenvalue weighted by molar-refractivity contribution is -0.138. The lowest BCUT2D eigenvalue weighted by atomic mass is 10.1. The number of rotatable bonds is 7. The number of halogens is 6. The fourth-order valence-electron chi connectivity index (χ4n) is 3.08. The number of hydrazone groups is 1. The molecule has 0 saturated heterocycles. The van der Waals surface area contributed by atoms with Crippen LogP contribution in [0, 0.1) is 0 Å². The molecule has 0 atom stereocenters. The molecule has 3 aromatic carbocycles. The molecular formula is C23H17F6N3O3S. The summed E-state index contributed by atoms with van der Waals surface area (Å²) in [4.78, 5) is 12.2. The topological polar surface area (TPSA) is 78.8 Å². The van der Waals surface area contributed by atoms with Gasteiger partial charge in [-0.2, -0.15) is 31.4 Å². The molecule has 0 heterocycles. The average molecular weight is 529 g/mol. The molecular weight excluding hydrogens is 512 g/mol. The Labute approximate surface area is 201 Å². The number of amides is 1. The van der Waals surface area contributed by atoms with E-state index in [1.54, 1.807) is 0 Å². The molecule has 0 aliphatic heterocycles. The third-order valence-electron chi connectivity index (χ3n) is 4.74. The van der Waals surface area contributed by atoms with Crippen LogP contribution in [0.25, 0.3) is 0 Å². The first-order valence-electron chi connectivity index (χ1n) is 10.0. The summed E-state index contributed by atoms with van der Waals surface area (Å²) in [6.07, 6.45) is -8.74. The highest BCUT2D eigenvalue weighted by Gasteiger charge is 2.34. The van der Waals surface area contributed by atoms with E-state index in [1.807, 2.05) is 5.43 Å². The van der Waals surface area contributed by atoms with Gasteiger partial charge in [0.15, 0.2) is 0 Å². The van der Waals surface area contributed by atoms with Crippen LogP contribution in [0.3, 0.4) is 0 Å². The van der Waals surface area contributed by atoms with Crippen LogP contribution in [-0.4, -0.2) is 27.1 Å². The van der Waals surface area contributed by atoms with Crippen LogP contribution in [0.1, 0.15) is 16.7 Å². The molecule has 190 valence electrons. The maximum atomic E-state index is 13.2. The predicted molar refractivity (Wildman–Crippen MR) is 120 cm³/mol. The lowest BCUT2D eigenvalue weighted by Gasteiger charge is -2.24. The van der Waals surface area contributed by atoms with Crippen molar-refractivity contribution in [2.24, 2.45) is 5.10 Å². The smallest absolute Gasteiger partial charge is 0.271 e. The fraction of sp³-hybridized carbons (Fsp3) is 0.130. The Morgan fingerprint density at radius 1 is 0.861 bits per heavy atom. The van der Waals surface area contributed by atoms with Crippen molar-refractivity contribution in [1.29, 1.82) is 0 Å². The van der Waals surface area contributed by atoms with Crippen LogP contribution < -0.4 is 9.73 Å². The summed E-state index contributed by atoms with van der Waals surface area (Å²) in [6.45, 7) is -1.00. The number of carbonyl (C=O) groups is 1. The Morgan fingerprint density at radius 2 is 1.50 bits per heavy atom. The number of hydrogen-bond donors (Lipinski definition) is 1. The number of anilines is 1. The normalized spacial score (nSPS) is 12.5. The number of alkyl halides is 6. The minimum atomic E-state index is -4.78. The molecule has 0 aliphatic carbocycles. The Morgan fingerprint density at radius 3 is 2.14 bits per heavy atom. The minimum Gasteiger partial charge on any atom is -0.271 e. The second-order valence-electron chi connectivity index (χ2n) is 7.25. The molecule has 1 N–H and O–H groups in total. The van der Waals surface area contributed by atoms with E-state index in [0.717, 1.165) is 36.5 Å². The predicted octanol–water partition coefficient (Wildman–Crippen LogP) is 5.07. The summed E-state index contributed by atoms with van der Waals surface area (Å²) in [5, 5.41) is 3.45. The second kappa shape index (κ2) is 10.4. The number of benzene rings is 3. The third kappa shape index (κ3) is 6.42. The molecule has 1 amide bonds. The number of nitrogens with zero attached hydrogens (tertiary/aromatic N) is 2. The fourth-order valence-corrected chi connectivity index (χ4v) is 4.51. The number of carbonyl (C=O) groups excluding carboxylic acids is 1. The van der Waals surface area contributed by atoms with Crippen LogP contribution in [0.4, 0.5) is 32.0 Å². The van der Waals surface area contributed by atoms with E-state index in [4.69, 9.17) is 0 Å². The monoisotopic (exact) mass is 529 g/mol. The molecule has 0 aromatic heterocycles. The van der Waals surface area contributed by atoms with E-state index in [9.17, 15) is 39.6 Å². The van der Waals surface area contributed by atoms with Crippen molar-refractivity contribution in [3.05, 3.63) is 95.6 Å². The summed E-state index contributed by atoms with van der Waals surface area (Å²) in [5.74, 6) is -1.10. The Hall–Kier alpha value is -3.87. The molecule has 36 heavy (non-hydrogen) atoms. The molecule has 6 nitrogen and oxygen atoms in total. The van der Waals surface area contributed by atoms with Gasteiger partial charge in [0, 0.05) is 5.56 Å². The first kappa shape index (κ1) is 26.7. The van der Waals surface area contributed by atoms with Gasteiger partial charge in [-0.05, 0) is 36.4 Å². The van der Waals surface area contributed by atoms with Crippen molar-refractivity contribution in [1.82, 2.24) is 5.43 Å². The van der Waals surface area contributed by atoms with Gasteiger partial charge in [-0.3, -0.25) is 9.10 Å². The van der Waals surface area contributed by atoms with Gasteiger partial charge < -0.3 is 0 Å².